The standard InChI is InChI=1S/C12H24N2O3/c1-3-4-5-6-8-14(9-7-12(16)17)10-11(15)13-2/h3-10H2,1-2H3,(H,13,15)(H,16,17). The first-order valence-electron chi connectivity index (χ1n) is 6.24. The maximum Gasteiger partial charge on any atom is 0.304 e. The van der Waals surface area contributed by atoms with Crippen LogP contribution in [0.4, 0.5) is 0 Å². The van der Waals surface area contributed by atoms with Crippen molar-refractivity contribution in [1.82, 2.24) is 10.2 Å². The number of nitrogens with zero attached hydrogens (tertiary/aromatic N) is 1. The second kappa shape index (κ2) is 10.1. The molecule has 0 fully saturated rings. The molecule has 0 aliphatic heterocycles. The third kappa shape index (κ3) is 9.81. The summed E-state index contributed by atoms with van der Waals surface area (Å²) in [6, 6.07) is 0. The number of aliphatic carboxylic acids is 1. The van der Waals surface area contributed by atoms with Crippen molar-refractivity contribution >= 4 is 11.9 Å². The first kappa shape index (κ1) is 15.9. The van der Waals surface area contributed by atoms with Gasteiger partial charge in [0.05, 0.1) is 13.0 Å². The van der Waals surface area contributed by atoms with Crippen LogP contribution in [0.25, 0.3) is 0 Å². The molecule has 0 rings (SSSR count). The lowest BCUT2D eigenvalue weighted by atomic mass is 10.2. The summed E-state index contributed by atoms with van der Waals surface area (Å²) in [7, 11) is 1.59. The number of carbonyl (C=O) groups is 2. The van der Waals surface area contributed by atoms with E-state index < -0.39 is 5.97 Å². The fraction of sp³-hybridized carbons (Fsp3) is 0.833. The summed E-state index contributed by atoms with van der Waals surface area (Å²) in [4.78, 5) is 23.7. The maximum atomic E-state index is 11.3. The smallest absolute Gasteiger partial charge is 0.304 e. The molecule has 5 heteroatoms. The Balaban J connectivity index is 3.92. The highest BCUT2D eigenvalue weighted by atomic mass is 16.4. The monoisotopic (exact) mass is 244 g/mol. The minimum atomic E-state index is -0.819. The van der Waals surface area contributed by atoms with Crippen LogP contribution in [0.15, 0.2) is 0 Å². The van der Waals surface area contributed by atoms with Gasteiger partial charge in [-0.15, -0.1) is 0 Å². The van der Waals surface area contributed by atoms with Crippen LogP contribution in [-0.4, -0.2) is 48.6 Å². The molecule has 0 bridgehead atoms. The molecule has 2 N–H and O–H groups in total. The lowest BCUT2D eigenvalue weighted by Gasteiger charge is -2.20. The van der Waals surface area contributed by atoms with Gasteiger partial charge in [0.2, 0.25) is 5.91 Å². The molecule has 0 aromatic heterocycles. The molecule has 17 heavy (non-hydrogen) atoms. The Bertz CT molecular complexity index is 232. The molecule has 100 valence electrons. The summed E-state index contributed by atoms with van der Waals surface area (Å²) in [6.45, 7) is 3.66. The summed E-state index contributed by atoms with van der Waals surface area (Å²) >= 11 is 0. The van der Waals surface area contributed by atoms with Gasteiger partial charge in [-0.3, -0.25) is 14.5 Å². The molecule has 0 spiro atoms. The van der Waals surface area contributed by atoms with E-state index in [0.717, 1.165) is 19.4 Å². The normalized spacial score (nSPS) is 10.5. The molecule has 0 aliphatic rings. The van der Waals surface area contributed by atoms with Crippen LogP contribution in [0.2, 0.25) is 0 Å². The summed E-state index contributed by atoms with van der Waals surface area (Å²) in [5.41, 5.74) is 0. The maximum absolute atomic E-state index is 11.3. The van der Waals surface area contributed by atoms with E-state index in [1.807, 2.05) is 4.90 Å². The van der Waals surface area contributed by atoms with Crippen molar-refractivity contribution in [3.63, 3.8) is 0 Å². The Hall–Kier alpha value is -1.10. The second-order valence-electron chi connectivity index (χ2n) is 4.15. The third-order valence-corrected chi connectivity index (χ3v) is 2.62. The topological polar surface area (TPSA) is 69.6 Å². The molecule has 1 amide bonds. The van der Waals surface area contributed by atoms with Gasteiger partial charge in [0.15, 0.2) is 0 Å². The van der Waals surface area contributed by atoms with Crippen molar-refractivity contribution in [3.8, 4) is 0 Å². The fourth-order valence-corrected chi connectivity index (χ4v) is 1.57. The van der Waals surface area contributed by atoms with E-state index in [9.17, 15) is 9.59 Å². The van der Waals surface area contributed by atoms with Gasteiger partial charge in [0.25, 0.3) is 0 Å². The number of hydrogen-bond donors (Lipinski definition) is 2. The zero-order valence-electron chi connectivity index (χ0n) is 10.9. The SMILES string of the molecule is CCCCCCN(CCC(=O)O)CC(=O)NC. The number of rotatable bonds is 10. The summed E-state index contributed by atoms with van der Waals surface area (Å²) in [6.07, 6.45) is 4.60. The predicted octanol–water partition coefficient (Wildman–Crippen LogP) is 1.09. The molecule has 0 aliphatic carbocycles. The van der Waals surface area contributed by atoms with Gasteiger partial charge in [-0.2, -0.15) is 0 Å². The molecule has 0 saturated carbocycles. The van der Waals surface area contributed by atoms with E-state index in [2.05, 4.69) is 12.2 Å². The van der Waals surface area contributed by atoms with Gasteiger partial charge in [-0.25, -0.2) is 0 Å². The van der Waals surface area contributed by atoms with Gasteiger partial charge in [0.1, 0.15) is 0 Å². The Kier molecular flexibility index (Phi) is 9.43. The molecule has 0 aromatic carbocycles. The van der Waals surface area contributed by atoms with Gasteiger partial charge < -0.3 is 10.4 Å². The number of carboxylic acid groups (broad SMARTS) is 1. The molecule has 0 radical (unpaired) electrons. The van der Waals surface area contributed by atoms with Crippen LogP contribution < -0.4 is 5.32 Å². The average molecular weight is 244 g/mol. The first-order valence-corrected chi connectivity index (χ1v) is 6.24. The van der Waals surface area contributed by atoms with E-state index >= 15 is 0 Å². The molecule has 0 saturated heterocycles. The molecule has 0 aromatic rings. The van der Waals surface area contributed by atoms with Crippen LogP contribution >= 0.6 is 0 Å². The lowest BCUT2D eigenvalue weighted by Crippen LogP contribution is -2.37. The van der Waals surface area contributed by atoms with Gasteiger partial charge in [0, 0.05) is 13.6 Å². The van der Waals surface area contributed by atoms with Crippen molar-refractivity contribution in [2.24, 2.45) is 0 Å². The minimum Gasteiger partial charge on any atom is -0.481 e. The Labute approximate surface area is 103 Å². The van der Waals surface area contributed by atoms with Crippen LogP contribution in [0.1, 0.15) is 39.0 Å². The molecular weight excluding hydrogens is 220 g/mol. The number of unbranched alkanes of at least 4 members (excludes halogenated alkanes) is 3. The first-order chi connectivity index (χ1) is 8.10. The van der Waals surface area contributed by atoms with E-state index in [1.165, 1.54) is 12.8 Å². The zero-order valence-corrected chi connectivity index (χ0v) is 10.9. The number of carboxylic acids is 1. The molecule has 0 unspecified atom stereocenters. The van der Waals surface area contributed by atoms with Gasteiger partial charge in [-0.05, 0) is 13.0 Å². The molecule has 0 atom stereocenters. The fourth-order valence-electron chi connectivity index (χ4n) is 1.57. The number of carbonyl (C=O) groups excluding carboxylic acids is 1. The van der Waals surface area contributed by atoms with E-state index in [-0.39, 0.29) is 18.9 Å². The van der Waals surface area contributed by atoms with Crippen LogP contribution in [0, 0.1) is 0 Å². The van der Waals surface area contributed by atoms with Gasteiger partial charge >= 0.3 is 5.97 Å². The number of hydrogen-bond acceptors (Lipinski definition) is 3. The number of likely N-dealkylation sites (N-methyl/N-ethyl adjacent to an activating group) is 1. The average Bonchev–Trinajstić information content (AvgIpc) is 2.30. The summed E-state index contributed by atoms with van der Waals surface area (Å²) in [5.74, 6) is -0.883. The predicted molar refractivity (Wildman–Crippen MR) is 66.9 cm³/mol. The van der Waals surface area contributed by atoms with Crippen molar-refractivity contribution in [2.75, 3.05) is 26.7 Å². The van der Waals surface area contributed by atoms with E-state index in [1.54, 1.807) is 7.05 Å². The van der Waals surface area contributed by atoms with Crippen LogP contribution in [0.3, 0.4) is 0 Å². The third-order valence-electron chi connectivity index (χ3n) is 2.62. The zero-order chi connectivity index (χ0) is 13.1. The highest BCUT2D eigenvalue weighted by Gasteiger charge is 2.10. The lowest BCUT2D eigenvalue weighted by molar-refractivity contribution is -0.137. The van der Waals surface area contributed by atoms with E-state index in [0.29, 0.717) is 6.54 Å². The Morgan fingerprint density at radius 3 is 2.41 bits per heavy atom. The number of amides is 1. The van der Waals surface area contributed by atoms with E-state index in [4.69, 9.17) is 5.11 Å². The van der Waals surface area contributed by atoms with Crippen molar-refractivity contribution < 1.29 is 14.7 Å². The Morgan fingerprint density at radius 2 is 1.88 bits per heavy atom. The van der Waals surface area contributed by atoms with Crippen molar-refractivity contribution in [3.05, 3.63) is 0 Å². The quantitative estimate of drug-likeness (QED) is 0.564. The highest BCUT2D eigenvalue weighted by molar-refractivity contribution is 5.77. The van der Waals surface area contributed by atoms with Gasteiger partial charge in [-0.1, -0.05) is 26.2 Å². The highest BCUT2D eigenvalue weighted by Crippen LogP contribution is 2.02. The number of nitrogens with one attached hydrogen (secondary N) is 1. The van der Waals surface area contributed by atoms with Crippen LogP contribution in [0.5, 0.6) is 0 Å². The van der Waals surface area contributed by atoms with Crippen molar-refractivity contribution in [1.29, 1.82) is 0 Å². The van der Waals surface area contributed by atoms with Crippen LogP contribution in [-0.2, 0) is 9.59 Å². The summed E-state index contributed by atoms with van der Waals surface area (Å²) < 4.78 is 0. The molecular formula is C12H24N2O3. The second-order valence-corrected chi connectivity index (χ2v) is 4.15. The summed E-state index contributed by atoms with van der Waals surface area (Å²) in [5, 5.41) is 11.2. The molecule has 0 heterocycles. The minimum absolute atomic E-state index is 0.0640. The molecule has 5 nitrogen and oxygen atoms in total. The largest absolute Gasteiger partial charge is 0.481 e. The van der Waals surface area contributed by atoms with Crippen molar-refractivity contribution in [2.45, 2.75) is 39.0 Å². The Morgan fingerprint density at radius 1 is 1.18 bits per heavy atom.